The Balaban J connectivity index is 1.77. The zero-order valence-corrected chi connectivity index (χ0v) is 20.2. The lowest BCUT2D eigenvalue weighted by molar-refractivity contribution is 0.0237. The Hall–Kier alpha value is -3.88. The number of hydrogen-bond acceptors (Lipinski definition) is 5. The summed E-state index contributed by atoms with van der Waals surface area (Å²) in [5, 5.41) is 12.8. The van der Waals surface area contributed by atoms with Crippen LogP contribution in [-0.2, 0) is 4.74 Å². The summed E-state index contributed by atoms with van der Waals surface area (Å²) in [5.74, 6) is -1.19. The molecule has 184 valence electrons. The van der Waals surface area contributed by atoms with Gasteiger partial charge in [0.15, 0.2) is 0 Å². The molecule has 2 heterocycles. The van der Waals surface area contributed by atoms with Crippen LogP contribution >= 0.6 is 0 Å². The Bertz CT molecular complexity index is 1250. The highest BCUT2D eigenvalue weighted by Crippen LogP contribution is 2.32. The molecule has 0 bridgehead atoms. The number of fused-ring (bicyclic) bond motifs is 1. The van der Waals surface area contributed by atoms with Gasteiger partial charge in [0, 0.05) is 18.7 Å². The monoisotopic (exact) mass is 478 g/mol. The number of benzene rings is 2. The molecular weight excluding hydrogens is 448 g/mol. The molecule has 2 amide bonds. The van der Waals surface area contributed by atoms with E-state index < -0.39 is 17.7 Å². The van der Waals surface area contributed by atoms with Crippen LogP contribution in [-0.4, -0.2) is 56.2 Å². The second-order valence-corrected chi connectivity index (χ2v) is 9.68. The molecule has 4 rings (SSSR count). The van der Waals surface area contributed by atoms with Gasteiger partial charge in [-0.1, -0.05) is 24.3 Å². The van der Waals surface area contributed by atoms with Crippen molar-refractivity contribution in [2.24, 2.45) is 0 Å². The molecule has 1 aromatic heterocycles. The van der Waals surface area contributed by atoms with Crippen molar-refractivity contribution in [3.63, 3.8) is 0 Å². The fourth-order valence-electron chi connectivity index (χ4n) is 4.35. The zero-order chi connectivity index (χ0) is 25.2. The van der Waals surface area contributed by atoms with Gasteiger partial charge in [0.1, 0.15) is 5.60 Å². The summed E-state index contributed by atoms with van der Waals surface area (Å²) in [6.45, 7) is 6.30. The predicted molar refractivity (Wildman–Crippen MR) is 132 cm³/mol. The Morgan fingerprint density at radius 2 is 1.80 bits per heavy atom. The second kappa shape index (κ2) is 9.77. The van der Waals surface area contributed by atoms with Gasteiger partial charge >= 0.3 is 12.1 Å². The van der Waals surface area contributed by atoms with Crippen molar-refractivity contribution in [2.75, 3.05) is 18.4 Å². The van der Waals surface area contributed by atoms with E-state index in [1.165, 1.54) is 6.07 Å². The van der Waals surface area contributed by atoms with Gasteiger partial charge in [0.25, 0.3) is 5.91 Å². The first-order chi connectivity index (χ1) is 16.6. The summed E-state index contributed by atoms with van der Waals surface area (Å²) in [6.07, 6.45) is 1.89. The third-order valence-corrected chi connectivity index (χ3v) is 5.87. The van der Waals surface area contributed by atoms with E-state index in [0.717, 1.165) is 12.8 Å². The minimum Gasteiger partial charge on any atom is -0.478 e. The number of imidazole rings is 1. The van der Waals surface area contributed by atoms with Crippen LogP contribution in [0.4, 0.5) is 10.7 Å². The molecule has 0 aliphatic carbocycles. The standard InChI is InChI=1S/C26H30N4O5/c1-26(2,3)35-25(34)29-15-8-7-12-18(16-29)30-21-19(23(32)33)13-9-14-20(21)27-24(30)28-22(31)17-10-5-4-6-11-17/h4-6,9-11,13-14,18H,7-8,12,15-16H2,1-3H3,(H,32,33)(H,27,28,31)/t18-/m0/s1. The number of aromatic carboxylic acids is 1. The molecule has 9 nitrogen and oxygen atoms in total. The van der Waals surface area contributed by atoms with Gasteiger partial charge in [-0.25, -0.2) is 14.6 Å². The molecule has 9 heteroatoms. The summed E-state index contributed by atoms with van der Waals surface area (Å²) in [7, 11) is 0. The number of carboxylic acids is 1. The third-order valence-electron chi connectivity index (χ3n) is 5.87. The summed E-state index contributed by atoms with van der Waals surface area (Å²) in [6, 6.07) is 13.3. The number of amides is 2. The van der Waals surface area contributed by atoms with Crippen LogP contribution in [0, 0.1) is 0 Å². The zero-order valence-electron chi connectivity index (χ0n) is 20.2. The van der Waals surface area contributed by atoms with Crippen LogP contribution in [0.15, 0.2) is 48.5 Å². The van der Waals surface area contributed by atoms with Gasteiger partial charge in [-0.15, -0.1) is 0 Å². The predicted octanol–water partition coefficient (Wildman–Crippen LogP) is 4.95. The highest BCUT2D eigenvalue weighted by atomic mass is 16.6. The van der Waals surface area contributed by atoms with Gasteiger partial charge in [-0.3, -0.25) is 10.1 Å². The summed E-state index contributed by atoms with van der Waals surface area (Å²) < 4.78 is 7.36. The average molecular weight is 479 g/mol. The van der Waals surface area contributed by atoms with Crippen molar-refractivity contribution in [2.45, 2.75) is 51.7 Å². The normalized spacial score (nSPS) is 16.5. The average Bonchev–Trinajstić information content (AvgIpc) is 2.98. The van der Waals surface area contributed by atoms with Crippen molar-refractivity contribution >= 4 is 35.0 Å². The van der Waals surface area contributed by atoms with Gasteiger partial charge < -0.3 is 19.3 Å². The topological polar surface area (TPSA) is 114 Å². The fraction of sp³-hybridized carbons (Fsp3) is 0.385. The van der Waals surface area contributed by atoms with Gasteiger partial charge in [0.2, 0.25) is 5.95 Å². The molecule has 35 heavy (non-hydrogen) atoms. The van der Waals surface area contributed by atoms with E-state index in [1.807, 2.05) is 26.8 Å². The Labute approximate surface area is 203 Å². The van der Waals surface area contributed by atoms with Crippen molar-refractivity contribution in [1.29, 1.82) is 0 Å². The highest BCUT2D eigenvalue weighted by Gasteiger charge is 2.31. The quantitative estimate of drug-likeness (QED) is 0.549. The lowest BCUT2D eigenvalue weighted by Crippen LogP contribution is -2.39. The van der Waals surface area contributed by atoms with Crippen LogP contribution in [0.2, 0.25) is 0 Å². The first-order valence-corrected chi connectivity index (χ1v) is 11.7. The number of anilines is 1. The largest absolute Gasteiger partial charge is 0.478 e. The number of ether oxygens (including phenoxy) is 1. The maximum Gasteiger partial charge on any atom is 0.410 e. The first-order valence-electron chi connectivity index (χ1n) is 11.7. The number of rotatable bonds is 4. The first kappa shape index (κ1) is 24.3. The summed E-state index contributed by atoms with van der Waals surface area (Å²) in [5.41, 5.74) is 0.788. The second-order valence-electron chi connectivity index (χ2n) is 9.68. The van der Waals surface area contributed by atoms with E-state index in [-0.39, 0.29) is 23.5 Å². The molecule has 0 unspecified atom stereocenters. The number of carbonyl (C=O) groups is 3. The number of carboxylic acid groups (broad SMARTS) is 1. The molecule has 1 atom stereocenters. The van der Waals surface area contributed by atoms with Crippen LogP contribution < -0.4 is 5.32 Å². The van der Waals surface area contributed by atoms with E-state index in [9.17, 15) is 19.5 Å². The molecule has 1 aliphatic heterocycles. The number of aromatic nitrogens is 2. The van der Waals surface area contributed by atoms with Crippen molar-refractivity contribution < 1.29 is 24.2 Å². The number of hydrogen-bond donors (Lipinski definition) is 2. The number of nitrogens with zero attached hydrogens (tertiary/aromatic N) is 3. The molecule has 2 N–H and O–H groups in total. The maximum atomic E-state index is 13.0. The molecular formula is C26H30N4O5. The molecule has 2 aromatic carbocycles. The van der Waals surface area contributed by atoms with Crippen LogP contribution in [0.25, 0.3) is 11.0 Å². The number of carbonyl (C=O) groups excluding carboxylic acids is 2. The smallest absolute Gasteiger partial charge is 0.410 e. The van der Waals surface area contributed by atoms with Gasteiger partial charge in [-0.2, -0.15) is 0 Å². The minimum absolute atomic E-state index is 0.0864. The molecule has 3 aromatic rings. The Morgan fingerprint density at radius 3 is 2.49 bits per heavy atom. The van der Waals surface area contributed by atoms with Crippen LogP contribution in [0.5, 0.6) is 0 Å². The number of likely N-dealkylation sites (tertiary alicyclic amines) is 1. The number of para-hydroxylation sites is 1. The van der Waals surface area contributed by atoms with E-state index in [2.05, 4.69) is 10.3 Å². The van der Waals surface area contributed by atoms with E-state index in [1.54, 1.807) is 45.9 Å². The Kier molecular flexibility index (Phi) is 6.77. The van der Waals surface area contributed by atoms with Gasteiger partial charge in [-0.05, 0) is 64.3 Å². The van der Waals surface area contributed by atoms with E-state index >= 15 is 0 Å². The minimum atomic E-state index is -1.09. The summed E-state index contributed by atoms with van der Waals surface area (Å²) >= 11 is 0. The van der Waals surface area contributed by atoms with E-state index in [0.29, 0.717) is 36.1 Å². The van der Waals surface area contributed by atoms with Crippen molar-refractivity contribution in [3.8, 4) is 0 Å². The molecule has 1 saturated heterocycles. The lowest BCUT2D eigenvalue weighted by Gasteiger charge is -2.29. The fourth-order valence-corrected chi connectivity index (χ4v) is 4.35. The number of nitrogens with one attached hydrogen (secondary N) is 1. The maximum absolute atomic E-state index is 13.0. The van der Waals surface area contributed by atoms with Crippen LogP contribution in [0.1, 0.15) is 66.8 Å². The lowest BCUT2D eigenvalue weighted by atomic mass is 10.1. The van der Waals surface area contributed by atoms with E-state index in [4.69, 9.17) is 4.74 Å². The Morgan fingerprint density at radius 1 is 1.06 bits per heavy atom. The molecule has 0 radical (unpaired) electrons. The molecule has 0 saturated carbocycles. The molecule has 1 aliphatic rings. The highest BCUT2D eigenvalue weighted by molar-refractivity contribution is 6.06. The van der Waals surface area contributed by atoms with Crippen molar-refractivity contribution in [1.82, 2.24) is 14.5 Å². The molecule has 1 fully saturated rings. The van der Waals surface area contributed by atoms with Crippen LogP contribution in [0.3, 0.4) is 0 Å². The van der Waals surface area contributed by atoms with Gasteiger partial charge in [0.05, 0.1) is 22.6 Å². The molecule has 0 spiro atoms. The summed E-state index contributed by atoms with van der Waals surface area (Å²) in [4.78, 5) is 44.2. The SMILES string of the molecule is CC(C)(C)OC(=O)N1CCCC[C@H](n2c(NC(=O)c3ccccc3)nc3cccc(C(=O)O)c32)C1. The van der Waals surface area contributed by atoms with Crippen molar-refractivity contribution in [3.05, 3.63) is 59.7 Å². The third kappa shape index (κ3) is 5.45.